The molecule has 1 nitrogen and oxygen atoms in total. The van der Waals surface area contributed by atoms with Crippen LogP contribution in [0.3, 0.4) is 0 Å². The number of benzene rings is 7. The van der Waals surface area contributed by atoms with Crippen LogP contribution in [0.15, 0.2) is 127 Å². The third kappa shape index (κ3) is 3.56. The molecule has 42 heavy (non-hydrogen) atoms. The van der Waals surface area contributed by atoms with Crippen molar-refractivity contribution in [2.24, 2.45) is 0 Å². The Morgan fingerprint density at radius 1 is 0.452 bits per heavy atom. The number of hydrogen-bond acceptors (Lipinski definition) is 1. The van der Waals surface area contributed by atoms with Crippen LogP contribution < -0.4 is 4.90 Å². The van der Waals surface area contributed by atoms with E-state index in [0.717, 1.165) is 5.69 Å². The minimum Gasteiger partial charge on any atom is -0.310 e. The molecule has 0 saturated heterocycles. The van der Waals surface area contributed by atoms with Gasteiger partial charge in [-0.25, -0.2) is 0 Å². The first-order chi connectivity index (χ1) is 20.4. The fourth-order valence-corrected chi connectivity index (χ4v) is 7.64. The molecule has 0 saturated carbocycles. The van der Waals surface area contributed by atoms with Gasteiger partial charge in [0, 0.05) is 22.5 Å². The molecule has 0 heterocycles. The Labute approximate surface area is 247 Å². The Morgan fingerprint density at radius 2 is 1.07 bits per heavy atom. The maximum atomic E-state index is 2.41. The van der Waals surface area contributed by atoms with E-state index in [9.17, 15) is 0 Å². The lowest BCUT2D eigenvalue weighted by Crippen LogP contribution is -2.16. The molecule has 7 aromatic rings. The average Bonchev–Trinajstić information content (AvgIpc) is 3.25. The second-order valence-electron chi connectivity index (χ2n) is 12.4. The fourth-order valence-electron chi connectivity index (χ4n) is 7.64. The minimum absolute atomic E-state index is 0.137. The summed E-state index contributed by atoms with van der Waals surface area (Å²) < 4.78 is 0. The fraction of sp³-hybridized carbons (Fsp3) is 0.122. The summed E-state index contributed by atoms with van der Waals surface area (Å²) in [5.41, 5.74) is 11.6. The minimum atomic E-state index is -0.137. The number of nitrogens with zero attached hydrogens (tertiary/aromatic N) is 1. The van der Waals surface area contributed by atoms with Gasteiger partial charge in [0.25, 0.3) is 0 Å². The molecule has 1 heteroatoms. The van der Waals surface area contributed by atoms with Crippen molar-refractivity contribution in [1.82, 2.24) is 0 Å². The van der Waals surface area contributed by atoms with Gasteiger partial charge in [0.15, 0.2) is 0 Å². The van der Waals surface area contributed by atoms with E-state index >= 15 is 0 Å². The topological polar surface area (TPSA) is 3.24 Å². The lowest BCUT2D eigenvalue weighted by Gasteiger charge is -2.28. The standard InChI is InChI=1S/C41H33N/c1-26-22-27(2)24-31(23-26)42(29-12-6-5-7-13-29)30-19-21-32-28(25-30)18-20-37-38-35-16-10-8-14-33(35)34-15-9-11-17-36(34)40(38)41(3,4)39(32)37/h5-25H,1-4H3. The summed E-state index contributed by atoms with van der Waals surface area (Å²) in [5, 5.41) is 7.98. The molecule has 8 rings (SSSR count). The Kier molecular flexibility index (Phi) is 5.37. The first-order valence-electron chi connectivity index (χ1n) is 14.9. The summed E-state index contributed by atoms with van der Waals surface area (Å²) in [7, 11) is 0. The van der Waals surface area contributed by atoms with E-state index in [1.165, 1.54) is 77.1 Å². The Bertz CT molecular complexity index is 2170. The highest BCUT2D eigenvalue weighted by Crippen LogP contribution is 2.56. The van der Waals surface area contributed by atoms with E-state index < -0.39 is 0 Å². The molecule has 0 radical (unpaired) electrons. The summed E-state index contributed by atoms with van der Waals surface area (Å²) in [6.45, 7) is 9.18. The van der Waals surface area contributed by atoms with Crippen LogP contribution in [0, 0.1) is 13.8 Å². The van der Waals surface area contributed by atoms with Crippen molar-refractivity contribution in [3.63, 3.8) is 0 Å². The molecule has 202 valence electrons. The molecule has 0 aromatic heterocycles. The summed E-state index contributed by atoms with van der Waals surface area (Å²) in [5.74, 6) is 0. The quantitative estimate of drug-likeness (QED) is 0.202. The van der Waals surface area contributed by atoms with E-state index in [2.05, 4.69) is 160 Å². The third-order valence-electron chi connectivity index (χ3n) is 9.19. The predicted octanol–water partition coefficient (Wildman–Crippen LogP) is 11.5. The van der Waals surface area contributed by atoms with E-state index in [0.29, 0.717) is 0 Å². The molecule has 0 atom stereocenters. The largest absolute Gasteiger partial charge is 0.310 e. The average molecular weight is 540 g/mol. The molecule has 0 N–H and O–H groups in total. The normalized spacial score (nSPS) is 13.4. The second kappa shape index (κ2) is 9.06. The van der Waals surface area contributed by atoms with Crippen LogP contribution in [-0.2, 0) is 5.41 Å². The van der Waals surface area contributed by atoms with E-state index in [4.69, 9.17) is 0 Å². The first-order valence-corrected chi connectivity index (χ1v) is 14.9. The maximum absolute atomic E-state index is 2.41. The molecular formula is C41H33N. The van der Waals surface area contributed by atoms with Gasteiger partial charge in [0.1, 0.15) is 0 Å². The van der Waals surface area contributed by atoms with Crippen molar-refractivity contribution in [2.75, 3.05) is 4.90 Å². The van der Waals surface area contributed by atoms with E-state index in [-0.39, 0.29) is 5.41 Å². The lowest BCUT2D eigenvalue weighted by molar-refractivity contribution is 0.672. The van der Waals surface area contributed by atoms with Crippen molar-refractivity contribution < 1.29 is 0 Å². The van der Waals surface area contributed by atoms with Crippen LogP contribution in [0.25, 0.3) is 43.4 Å². The van der Waals surface area contributed by atoms with Gasteiger partial charge in [-0.05, 0) is 116 Å². The van der Waals surface area contributed by atoms with Gasteiger partial charge in [0.05, 0.1) is 0 Å². The molecular weight excluding hydrogens is 506 g/mol. The van der Waals surface area contributed by atoms with Crippen LogP contribution in [-0.4, -0.2) is 0 Å². The van der Waals surface area contributed by atoms with Gasteiger partial charge in [-0.1, -0.05) is 105 Å². The molecule has 1 aliphatic carbocycles. The third-order valence-corrected chi connectivity index (χ3v) is 9.19. The number of aryl methyl sites for hydroxylation is 2. The van der Waals surface area contributed by atoms with Crippen molar-refractivity contribution in [2.45, 2.75) is 33.1 Å². The van der Waals surface area contributed by atoms with E-state index in [1.807, 2.05) is 0 Å². The molecule has 0 bridgehead atoms. The molecule has 0 aliphatic heterocycles. The van der Waals surface area contributed by atoms with Gasteiger partial charge in [-0.15, -0.1) is 0 Å². The van der Waals surface area contributed by atoms with Crippen LogP contribution in [0.4, 0.5) is 17.1 Å². The number of hydrogen-bond donors (Lipinski definition) is 0. The zero-order valence-corrected chi connectivity index (χ0v) is 24.6. The second-order valence-corrected chi connectivity index (χ2v) is 12.4. The summed E-state index contributed by atoms with van der Waals surface area (Å²) in [6, 6.07) is 47.1. The van der Waals surface area contributed by atoms with Crippen LogP contribution in [0.5, 0.6) is 0 Å². The van der Waals surface area contributed by atoms with Gasteiger partial charge < -0.3 is 4.90 Å². The summed E-state index contributed by atoms with van der Waals surface area (Å²) in [6.07, 6.45) is 0. The number of rotatable bonds is 3. The zero-order chi connectivity index (χ0) is 28.6. The highest BCUT2D eigenvalue weighted by molar-refractivity contribution is 6.19. The number of para-hydroxylation sites is 1. The van der Waals surface area contributed by atoms with E-state index in [1.54, 1.807) is 0 Å². The molecule has 1 aliphatic rings. The predicted molar refractivity (Wildman–Crippen MR) is 181 cm³/mol. The maximum Gasteiger partial charge on any atom is 0.0468 e. The van der Waals surface area contributed by atoms with Crippen molar-refractivity contribution in [3.05, 3.63) is 150 Å². The molecule has 0 fully saturated rings. The lowest BCUT2D eigenvalue weighted by atomic mass is 9.78. The van der Waals surface area contributed by atoms with Gasteiger partial charge in [-0.2, -0.15) is 0 Å². The molecule has 7 aromatic carbocycles. The highest BCUT2D eigenvalue weighted by Gasteiger charge is 2.39. The Morgan fingerprint density at radius 3 is 1.79 bits per heavy atom. The van der Waals surface area contributed by atoms with Crippen LogP contribution in [0.2, 0.25) is 0 Å². The van der Waals surface area contributed by atoms with Crippen molar-refractivity contribution in [1.29, 1.82) is 0 Å². The van der Waals surface area contributed by atoms with Crippen molar-refractivity contribution in [3.8, 4) is 11.1 Å². The first kappa shape index (κ1) is 24.9. The zero-order valence-electron chi connectivity index (χ0n) is 24.6. The SMILES string of the molecule is Cc1cc(C)cc(N(c2ccccc2)c2ccc3c4c(ccc3c2)-c2c(c3ccccc3c3ccccc23)C4(C)C)c1. The molecule has 0 amide bonds. The van der Waals surface area contributed by atoms with Crippen molar-refractivity contribution >= 4 is 49.4 Å². The summed E-state index contributed by atoms with van der Waals surface area (Å²) >= 11 is 0. The van der Waals surface area contributed by atoms with Gasteiger partial charge in [-0.3, -0.25) is 0 Å². The van der Waals surface area contributed by atoms with Gasteiger partial charge >= 0.3 is 0 Å². The Hall–Kier alpha value is -4.88. The molecule has 0 spiro atoms. The van der Waals surface area contributed by atoms with Crippen LogP contribution in [0.1, 0.15) is 36.1 Å². The Balaban J connectivity index is 1.38. The number of anilines is 3. The van der Waals surface area contributed by atoms with Gasteiger partial charge in [0.2, 0.25) is 0 Å². The highest BCUT2D eigenvalue weighted by atomic mass is 15.1. The molecule has 0 unspecified atom stereocenters. The summed E-state index contributed by atoms with van der Waals surface area (Å²) in [4.78, 5) is 2.38. The monoisotopic (exact) mass is 539 g/mol. The number of fused-ring (bicyclic) bond motifs is 10. The van der Waals surface area contributed by atoms with Crippen LogP contribution >= 0.6 is 0 Å². The smallest absolute Gasteiger partial charge is 0.0468 e.